The van der Waals surface area contributed by atoms with Crippen LogP contribution in [0.15, 0.2) is 47.5 Å². The van der Waals surface area contributed by atoms with Gasteiger partial charge in [0.25, 0.3) is 0 Å². The zero-order chi connectivity index (χ0) is 18.6. The van der Waals surface area contributed by atoms with Crippen molar-refractivity contribution in [1.82, 2.24) is 20.0 Å². The number of aromatic nitrogens is 3. The summed E-state index contributed by atoms with van der Waals surface area (Å²) in [5, 5.41) is 6.94. The highest BCUT2D eigenvalue weighted by Gasteiger charge is 2.20. The van der Waals surface area contributed by atoms with E-state index in [9.17, 15) is 4.79 Å². The van der Waals surface area contributed by atoms with E-state index >= 15 is 0 Å². The lowest BCUT2D eigenvalue weighted by molar-refractivity contribution is -0.120. The van der Waals surface area contributed by atoms with E-state index in [1.165, 1.54) is 5.56 Å². The third kappa shape index (κ3) is 4.19. The molecule has 1 N–H and O–H groups in total. The van der Waals surface area contributed by atoms with Crippen molar-refractivity contribution < 1.29 is 14.1 Å². The molecule has 2 aromatic heterocycles. The van der Waals surface area contributed by atoms with Crippen LogP contribution in [0.4, 0.5) is 0 Å². The summed E-state index contributed by atoms with van der Waals surface area (Å²) in [5.41, 5.74) is 2.75. The van der Waals surface area contributed by atoms with Crippen LogP contribution in [0, 0.1) is 0 Å². The topological polar surface area (TPSA) is 82.2 Å². The minimum Gasteiger partial charge on any atom is -0.490 e. The highest BCUT2D eigenvalue weighted by Crippen LogP contribution is 2.33. The molecule has 3 heterocycles. The number of fused-ring (bicyclic) bond motifs is 1. The molecule has 7 nitrogen and oxygen atoms in total. The lowest BCUT2D eigenvalue weighted by atomic mass is 10.1. The Morgan fingerprint density at radius 1 is 1.37 bits per heavy atom. The molecular weight excluding hydrogens is 344 g/mol. The number of carbonyl (C=O) groups is 1. The molecule has 4 rings (SSSR count). The van der Waals surface area contributed by atoms with Crippen molar-refractivity contribution in [2.24, 2.45) is 0 Å². The number of imidazole rings is 1. The van der Waals surface area contributed by atoms with Crippen LogP contribution in [0.25, 0.3) is 11.3 Å². The lowest BCUT2D eigenvalue weighted by Crippen LogP contribution is -2.26. The number of hydrogen-bond acceptors (Lipinski definition) is 5. The minimum absolute atomic E-state index is 0.0586. The molecule has 1 unspecified atom stereocenters. The number of rotatable bonds is 7. The van der Waals surface area contributed by atoms with Crippen molar-refractivity contribution in [2.75, 3.05) is 6.54 Å². The number of amides is 1. The quantitative estimate of drug-likeness (QED) is 0.650. The summed E-state index contributed by atoms with van der Waals surface area (Å²) < 4.78 is 13.1. The second-order valence-electron chi connectivity index (χ2n) is 6.82. The zero-order valence-corrected chi connectivity index (χ0v) is 15.2. The summed E-state index contributed by atoms with van der Waals surface area (Å²) in [5.74, 6) is 1.54. The Kier molecular flexibility index (Phi) is 4.91. The first-order chi connectivity index (χ1) is 13.2. The number of benzene rings is 1. The van der Waals surface area contributed by atoms with Gasteiger partial charge in [0.15, 0.2) is 5.76 Å². The molecule has 1 aliphatic rings. The Labute approximate surface area is 157 Å². The maximum atomic E-state index is 12.1. The SMILES string of the molecule is CC1Cc2cc(-c3cc(CC(=O)NCCCn4ccnc4)no3)ccc2O1. The van der Waals surface area contributed by atoms with Crippen LogP contribution in [0.3, 0.4) is 0 Å². The predicted molar refractivity (Wildman–Crippen MR) is 99.3 cm³/mol. The third-order valence-electron chi connectivity index (χ3n) is 4.56. The van der Waals surface area contributed by atoms with E-state index in [1.807, 2.05) is 29.0 Å². The smallest absolute Gasteiger partial charge is 0.226 e. The molecule has 1 atom stereocenters. The second kappa shape index (κ2) is 7.65. The fourth-order valence-corrected chi connectivity index (χ4v) is 3.24. The zero-order valence-electron chi connectivity index (χ0n) is 15.2. The summed E-state index contributed by atoms with van der Waals surface area (Å²) >= 11 is 0. The molecule has 0 aliphatic carbocycles. The molecule has 0 radical (unpaired) electrons. The average Bonchev–Trinajstić information content (AvgIpc) is 3.38. The van der Waals surface area contributed by atoms with Crippen LogP contribution >= 0.6 is 0 Å². The second-order valence-corrected chi connectivity index (χ2v) is 6.82. The Bertz CT molecular complexity index is 917. The molecule has 0 saturated heterocycles. The first kappa shape index (κ1) is 17.3. The lowest BCUT2D eigenvalue weighted by Gasteiger charge is -2.04. The molecule has 0 fully saturated rings. The van der Waals surface area contributed by atoms with Gasteiger partial charge in [0, 0.05) is 43.5 Å². The van der Waals surface area contributed by atoms with Gasteiger partial charge in [-0.2, -0.15) is 0 Å². The Balaban J connectivity index is 1.29. The van der Waals surface area contributed by atoms with Gasteiger partial charge in [-0.15, -0.1) is 0 Å². The van der Waals surface area contributed by atoms with Crippen LogP contribution in [0.1, 0.15) is 24.6 Å². The monoisotopic (exact) mass is 366 g/mol. The Morgan fingerprint density at radius 2 is 2.30 bits per heavy atom. The van der Waals surface area contributed by atoms with Gasteiger partial charge in [-0.1, -0.05) is 5.16 Å². The molecular formula is C20H22N4O3. The van der Waals surface area contributed by atoms with Crippen molar-refractivity contribution in [1.29, 1.82) is 0 Å². The predicted octanol–water partition coefficient (Wildman–Crippen LogP) is 2.61. The molecule has 1 aromatic carbocycles. The van der Waals surface area contributed by atoms with Gasteiger partial charge in [-0.3, -0.25) is 4.79 Å². The highest BCUT2D eigenvalue weighted by atomic mass is 16.5. The van der Waals surface area contributed by atoms with Gasteiger partial charge in [-0.25, -0.2) is 4.98 Å². The number of ether oxygens (including phenoxy) is 1. The normalized spacial score (nSPS) is 15.4. The third-order valence-corrected chi connectivity index (χ3v) is 4.56. The van der Waals surface area contributed by atoms with E-state index in [4.69, 9.17) is 9.26 Å². The number of nitrogens with zero attached hydrogens (tertiary/aromatic N) is 3. The van der Waals surface area contributed by atoms with Gasteiger partial charge >= 0.3 is 0 Å². The van der Waals surface area contributed by atoms with E-state index in [0.29, 0.717) is 18.0 Å². The molecule has 1 aliphatic heterocycles. The number of nitrogens with one attached hydrogen (secondary N) is 1. The standard InChI is InChI=1S/C20H22N4O3/c1-14-9-16-10-15(3-4-18(16)26-14)19-11-17(23-27-19)12-20(25)22-5-2-7-24-8-6-21-13-24/h3-4,6,8,10-11,13-14H,2,5,7,9,12H2,1H3,(H,22,25). The Hall–Kier alpha value is -3.09. The fourth-order valence-electron chi connectivity index (χ4n) is 3.24. The van der Waals surface area contributed by atoms with Gasteiger partial charge in [0.2, 0.25) is 5.91 Å². The van der Waals surface area contributed by atoms with Crippen molar-refractivity contribution in [3.05, 3.63) is 54.2 Å². The molecule has 1 amide bonds. The maximum Gasteiger partial charge on any atom is 0.226 e. The van der Waals surface area contributed by atoms with Crippen molar-refractivity contribution in [2.45, 2.75) is 38.8 Å². The fraction of sp³-hybridized carbons (Fsp3) is 0.350. The average molecular weight is 366 g/mol. The molecule has 27 heavy (non-hydrogen) atoms. The molecule has 7 heteroatoms. The minimum atomic E-state index is -0.0586. The van der Waals surface area contributed by atoms with Gasteiger partial charge in [0.1, 0.15) is 11.9 Å². The largest absolute Gasteiger partial charge is 0.490 e. The molecule has 3 aromatic rings. The van der Waals surface area contributed by atoms with Crippen LogP contribution in [0.2, 0.25) is 0 Å². The summed E-state index contributed by atoms with van der Waals surface area (Å²) in [6.45, 7) is 3.50. The van der Waals surface area contributed by atoms with E-state index in [0.717, 1.165) is 30.7 Å². The molecule has 140 valence electrons. The van der Waals surface area contributed by atoms with Gasteiger partial charge in [0.05, 0.1) is 18.4 Å². The van der Waals surface area contributed by atoms with Crippen molar-refractivity contribution >= 4 is 5.91 Å². The van der Waals surface area contributed by atoms with Crippen LogP contribution in [-0.4, -0.2) is 33.3 Å². The highest BCUT2D eigenvalue weighted by molar-refractivity contribution is 5.78. The van der Waals surface area contributed by atoms with Crippen LogP contribution in [0.5, 0.6) is 5.75 Å². The summed E-state index contributed by atoms with van der Waals surface area (Å²) in [4.78, 5) is 16.1. The van der Waals surface area contributed by atoms with Crippen LogP contribution < -0.4 is 10.1 Å². The first-order valence-corrected chi connectivity index (χ1v) is 9.15. The Morgan fingerprint density at radius 3 is 3.15 bits per heavy atom. The first-order valence-electron chi connectivity index (χ1n) is 9.15. The maximum absolute atomic E-state index is 12.1. The molecule has 0 spiro atoms. The number of aryl methyl sites for hydroxylation is 1. The molecule has 0 saturated carbocycles. The number of carbonyl (C=O) groups excluding carboxylic acids is 1. The van der Waals surface area contributed by atoms with E-state index < -0.39 is 0 Å². The van der Waals surface area contributed by atoms with Crippen molar-refractivity contribution in [3.8, 4) is 17.1 Å². The van der Waals surface area contributed by atoms with Gasteiger partial charge in [-0.05, 0) is 37.1 Å². The summed E-state index contributed by atoms with van der Waals surface area (Å²) in [6, 6.07) is 7.81. The van der Waals surface area contributed by atoms with Crippen LogP contribution in [-0.2, 0) is 24.2 Å². The summed E-state index contributed by atoms with van der Waals surface area (Å²) in [6.07, 6.45) is 7.58. The number of hydrogen-bond donors (Lipinski definition) is 1. The van der Waals surface area contributed by atoms with Crippen molar-refractivity contribution in [3.63, 3.8) is 0 Å². The van der Waals surface area contributed by atoms with Gasteiger partial charge < -0.3 is 19.1 Å². The summed E-state index contributed by atoms with van der Waals surface area (Å²) in [7, 11) is 0. The van der Waals surface area contributed by atoms with E-state index in [1.54, 1.807) is 12.5 Å². The molecule has 0 bridgehead atoms. The van der Waals surface area contributed by atoms with E-state index in [-0.39, 0.29) is 18.4 Å². The van der Waals surface area contributed by atoms with E-state index in [2.05, 4.69) is 28.4 Å².